The van der Waals surface area contributed by atoms with Crippen LogP contribution in [0.4, 0.5) is 4.39 Å². The lowest BCUT2D eigenvalue weighted by molar-refractivity contribution is -0.129. The first kappa shape index (κ1) is 21.3. The minimum Gasteiger partial charge on any atom is -0.489 e. The number of halogens is 1. The van der Waals surface area contributed by atoms with Gasteiger partial charge in [-0.3, -0.25) is 9.59 Å². The molecule has 8 nitrogen and oxygen atoms in total. The van der Waals surface area contributed by atoms with Gasteiger partial charge in [0.05, 0.1) is 23.4 Å². The first-order chi connectivity index (χ1) is 14.2. The summed E-state index contributed by atoms with van der Waals surface area (Å²) in [6.07, 6.45) is 1.62. The van der Waals surface area contributed by atoms with Crippen molar-refractivity contribution in [3.8, 4) is 5.75 Å². The van der Waals surface area contributed by atoms with Crippen molar-refractivity contribution >= 4 is 17.3 Å². The number of nitrogens with two attached hydrogens (primary N) is 1. The van der Waals surface area contributed by atoms with Crippen molar-refractivity contribution in [3.63, 3.8) is 0 Å². The van der Waals surface area contributed by atoms with Gasteiger partial charge in [-0.2, -0.15) is 5.10 Å². The number of aliphatic hydroxyl groups is 1. The van der Waals surface area contributed by atoms with E-state index in [-0.39, 0.29) is 18.0 Å². The molecule has 0 radical (unpaired) electrons. The predicted molar refractivity (Wildman–Crippen MR) is 107 cm³/mol. The van der Waals surface area contributed by atoms with Crippen LogP contribution < -0.4 is 10.5 Å². The Kier molecular flexibility index (Phi) is 5.75. The fraction of sp³-hybridized carbons (Fsp3) is 0.286. The Labute approximate surface area is 172 Å². The van der Waals surface area contributed by atoms with Gasteiger partial charge in [0.1, 0.15) is 23.7 Å². The van der Waals surface area contributed by atoms with Gasteiger partial charge in [-0.25, -0.2) is 8.91 Å². The molecule has 0 aliphatic heterocycles. The van der Waals surface area contributed by atoms with Crippen LogP contribution in [0.1, 0.15) is 28.5 Å². The molecule has 0 aliphatic rings. The molecule has 3 rings (SSSR count). The van der Waals surface area contributed by atoms with Gasteiger partial charge >= 0.3 is 0 Å². The van der Waals surface area contributed by atoms with Crippen LogP contribution in [-0.4, -0.2) is 50.6 Å². The lowest BCUT2D eigenvalue weighted by atomic mass is 9.99. The third-order valence-electron chi connectivity index (χ3n) is 5.23. The maximum atomic E-state index is 13.8. The molecule has 2 amide bonds. The van der Waals surface area contributed by atoms with Crippen LogP contribution in [0.2, 0.25) is 0 Å². The number of ether oxygens (including phenoxy) is 1. The van der Waals surface area contributed by atoms with Gasteiger partial charge in [0.2, 0.25) is 5.91 Å². The number of primary amides is 1. The van der Waals surface area contributed by atoms with Gasteiger partial charge in [-0.05, 0) is 26.0 Å². The molecule has 0 bridgehead atoms. The molecule has 1 atom stereocenters. The summed E-state index contributed by atoms with van der Waals surface area (Å²) in [7, 11) is 1.39. The highest BCUT2D eigenvalue weighted by molar-refractivity contribution is 6.04. The van der Waals surface area contributed by atoms with Gasteiger partial charge in [-0.1, -0.05) is 18.2 Å². The smallest absolute Gasteiger partial charge is 0.258 e. The molecule has 2 aromatic heterocycles. The standard InChI is InChI=1S/C21H23FN4O4/c1-13-18(19(28)25(3)21(2,12-27)20(23)29)17-10-15(8-9-26(17)24-13)30-11-14-6-4-5-7-16(14)22/h4-10,27H,11-12H2,1-3H3,(H2,23,29). The Hall–Kier alpha value is -3.46. The van der Waals surface area contributed by atoms with E-state index in [1.54, 1.807) is 43.5 Å². The van der Waals surface area contributed by atoms with E-state index in [4.69, 9.17) is 10.5 Å². The van der Waals surface area contributed by atoms with E-state index < -0.39 is 24.0 Å². The minimum atomic E-state index is -1.57. The first-order valence-corrected chi connectivity index (χ1v) is 9.23. The summed E-state index contributed by atoms with van der Waals surface area (Å²) in [5.41, 5.74) is 5.34. The highest BCUT2D eigenvalue weighted by Gasteiger charge is 2.39. The number of amides is 2. The monoisotopic (exact) mass is 414 g/mol. The van der Waals surface area contributed by atoms with E-state index in [0.717, 1.165) is 4.90 Å². The van der Waals surface area contributed by atoms with E-state index in [1.165, 1.54) is 24.6 Å². The number of nitrogens with zero attached hydrogens (tertiary/aromatic N) is 3. The van der Waals surface area contributed by atoms with Crippen LogP contribution in [0.5, 0.6) is 5.75 Å². The first-order valence-electron chi connectivity index (χ1n) is 9.23. The van der Waals surface area contributed by atoms with Crippen molar-refractivity contribution in [3.05, 3.63) is 65.2 Å². The molecular formula is C21H23FN4O4. The zero-order valence-electron chi connectivity index (χ0n) is 16.9. The second-order valence-electron chi connectivity index (χ2n) is 7.19. The third kappa shape index (κ3) is 3.71. The van der Waals surface area contributed by atoms with Crippen LogP contribution in [0, 0.1) is 12.7 Å². The number of aliphatic hydroxyl groups excluding tert-OH is 1. The van der Waals surface area contributed by atoms with Gasteiger partial charge < -0.3 is 20.5 Å². The molecular weight excluding hydrogens is 391 g/mol. The zero-order chi connectivity index (χ0) is 22.1. The molecule has 0 saturated carbocycles. The maximum Gasteiger partial charge on any atom is 0.258 e. The summed E-state index contributed by atoms with van der Waals surface area (Å²) in [5, 5.41) is 14.0. The largest absolute Gasteiger partial charge is 0.489 e. The summed E-state index contributed by atoms with van der Waals surface area (Å²) in [6.45, 7) is 2.44. The lowest BCUT2D eigenvalue weighted by Crippen LogP contribution is -2.58. The average molecular weight is 414 g/mol. The van der Waals surface area contributed by atoms with Crippen LogP contribution in [-0.2, 0) is 11.4 Å². The van der Waals surface area contributed by atoms with Gasteiger partial charge in [0, 0.05) is 24.9 Å². The number of aromatic nitrogens is 2. The number of pyridine rings is 1. The predicted octanol–water partition coefficient (Wildman–Crippen LogP) is 1.67. The number of aryl methyl sites for hydroxylation is 1. The fourth-order valence-corrected chi connectivity index (χ4v) is 3.02. The fourth-order valence-electron chi connectivity index (χ4n) is 3.02. The zero-order valence-corrected chi connectivity index (χ0v) is 16.9. The maximum absolute atomic E-state index is 13.8. The molecule has 0 saturated heterocycles. The molecule has 1 unspecified atom stereocenters. The van der Waals surface area contributed by atoms with E-state index >= 15 is 0 Å². The summed E-state index contributed by atoms with van der Waals surface area (Å²) in [6, 6.07) is 9.56. The lowest BCUT2D eigenvalue weighted by Gasteiger charge is -2.34. The van der Waals surface area contributed by atoms with E-state index in [2.05, 4.69) is 5.10 Å². The quantitative estimate of drug-likeness (QED) is 0.611. The van der Waals surface area contributed by atoms with Crippen molar-refractivity contribution < 1.29 is 23.8 Å². The molecule has 3 aromatic rings. The number of hydrogen-bond acceptors (Lipinski definition) is 5. The molecule has 9 heteroatoms. The number of hydrogen-bond donors (Lipinski definition) is 2. The molecule has 0 spiro atoms. The summed E-state index contributed by atoms with van der Waals surface area (Å²) in [5.74, 6) is -1.30. The Bertz CT molecular complexity index is 1110. The Morgan fingerprint density at radius 3 is 2.67 bits per heavy atom. The van der Waals surface area contributed by atoms with Gasteiger partial charge in [0.15, 0.2) is 0 Å². The van der Waals surface area contributed by atoms with Crippen molar-refractivity contribution in [1.82, 2.24) is 14.5 Å². The number of carbonyl (C=O) groups is 2. The second kappa shape index (κ2) is 8.11. The second-order valence-corrected chi connectivity index (χ2v) is 7.19. The van der Waals surface area contributed by atoms with E-state index in [1.807, 2.05) is 0 Å². The summed E-state index contributed by atoms with van der Waals surface area (Å²) < 4.78 is 21.0. The molecule has 1 aromatic carbocycles. The van der Waals surface area contributed by atoms with Crippen LogP contribution in [0.3, 0.4) is 0 Å². The van der Waals surface area contributed by atoms with Crippen molar-refractivity contribution in [2.24, 2.45) is 5.73 Å². The molecule has 2 heterocycles. The summed E-state index contributed by atoms with van der Waals surface area (Å²) in [4.78, 5) is 26.1. The number of fused-ring (bicyclic) bond motifs is 1. The van der Waals surface area contributed by atoms with Crippen molar-refractivity contribution in [1.29, 1.82) is 0 Å². The topological polar surface area (TPSA) is 110 Å². The molecule has 0 fully saturated rings. The van der Waals surface area contributed by atoms with E-state index in [9.17, 15) is 19.1 Å². The van der Waals surface area contributed by atoms with Crippen LogP contribution in [0.15, 0.2) is 42.6 Å². The van der Waals surface area contributed by atoms with Gasteiger partial charge in [-0.15, -0.1) is 0 Å². The van der Waals surface area contributed by atoms with E-state index in [0.29, 0.717) is 22.5 Å². The van der Waals surface area contributed by atoms with Gasteiger partial charge in [0.25, 0.3) is 5.91 Å². The minimum absolute atomic E-state index is 0.0173. The number of benzene rings is 1. The Morgan fingerprint density at radius 2 is 2.03 bits per heavy atom. The molecule has 0 aliphatic carbocycles. The number of rotatable bonds is 7. The third-order valence-corrected chi connectivity index (χ3v) is 5.23. The highest BCUT2D eigenvalue weighted by Crippen LogP contribution is 2.25. The molecule has 30 heavy (non-hydrogen) atoms. The normalized spacial score (nSPS) is 13.1. The highest BCUT2D eigenvalue weighted by atomic mass is 19.1. The molecule has 158 valence electrons. The molecule has 3 N–H and O–H groups in total. The average Bonchev–Trinajstić information content (AvgIpc) is 3.06. The van der Waals surface area contributed by atoms with Crippen LogP contribution in [0.25, 0.3) is 5.52 Å². The SMILES string of the molecule is Cc1nn2ccc(OCc3ccccc3F)cc2c1C(=O)N(C)C(C)(CO)C(N)=O. The number of carbonyl (C=O) groups excluding carboxylic acids is 2. The van der Waals surface area contributed by atoms with Crippen molar-refractivity contribution in [2.45, 2.75) is 26.0 Å². The Morgan fingerprint density at radius 1 is 1.33 bits per heavy atom. The van der Waals surface area contributed by atoms with Crippen molar-refractivity contribution in [2.75, 3.05) is 13.7 Å². The van der Waals surface area contributed by atoms with Crippen LogP contribution >= 0.6 is 0 Å². The number of likely N-dealkylation sites (N-methyl/N-ethyl adjacent to an activating group) is 1. The summed E-state index contributed by atoms with van der Waals surface area (Å²) >= 11 is 0. The Balaban J connectivity index is 1.94.